The zero-order valence-corrected chi connectivity index (χ0v) is 19.5. The summed E-state index contributed by atoms with van der Waals surface area (Å²) in [6.45, 7) is 10.0. The first kappa shape index (κ1) is 24.0. The van der Waals surface area contributed by atoms with Gasteiger partial charge in [0.1, 0.15) is 0 Å². The summed E-state index contributed by atoms with van der Waals surface area (Å²) < 4.78 is 11.3. The molecule has 1 amide bonds. The number of piperidine rings is 1. The van der Waals surface area contributed by atoms with E-state index in [1.807, 2.05) is 20.8 Å². The van der Waals surface area contributed by atoms with Crippen molar-refractivity contribution in [3.8, 4) is 5.88 Å². The number of rotatable bonds is 10. The Hall–Kier alpha value is -2.68. The Labute approximate surface area is 189 Å². The van der Waals surface area contributed by atoms with E-state index in [0.717, 1.165) is 38.8 Å². The van der Waals surface area contributed by atoms with Crippen LogP contribution >= 0.6 is 0 Å². The number of aliphatic hydroxyl groups is 1. The molecule has 9 nitrogen and oxygen atoms in total. The van der Waals surface area contributed by atoms with Gasteiger partial charge in [-0.1, -0.05) is 20.8 Å². The molecule has 3 rings (SSSR count). The van der Waals surface area contributed by atoms with Crippen molar-refractivity contribution in [1.82, 2.24) is 15.1 Å². The molecule has 0 unspecified atom stereocenters. The Morgan fingerprint density at radius 1 is 1.31 bits per heavy atom. The average Bonchev–Trinajstić information content (AvgIpc) is 3.27. The molecule has 3 heterocycles. The number of carbonyl (C=O) groups is 1. The molecule has 0 radical (unpaired) electrons. The maximum atomic E-state index is 11.6. The van der Waals surface area contributed by atoms with Gasteiger partial charge in [0.05, 0.1) is 17.9 Å². The van der Waals surface area contributed by atoms with Crippen LogP contribution in [0.4, 0.5) is 5.95 Å². The Balaban J connectivity index is 1.48. The van der Waals surface area contributed by atoms with Gasteiger partial charge in [-0.05, 0) is 49.7 Å². The highest BCUT2D eigenvalue weighted by Crippen LogP contribution is 2.29. The van der Waals surface area contributed by atoms with E-state index in [2.05, 4.69) is 20.0 Å². The maximum absolute atomic E-state index is 11.6. The van der Waals surface area contributed by atoms with Crippen LogP contribution in [0.5, 0.6) is 5.88 Å². The van der Waals surface area contributed by atoms with Crippen molar-refractivity contribution in [2.45, 2.75) is 65.2 Å². The molecular weight excluding hydrogens is 410 g/mol. The van der Waals surface area contributed by atoms with Gasteiger partial charge in [-0.2, -0.15) is 4.98 Å². The fraction of sp³-hybridized carbons (Fsp3) is 0.652. The molecule has 0 aromatic carbocycles. The van der Waals surface area contributed by atoms with Gasteiger partial charge in [0.15, 0.2) is 0 Å². The summed E-state index contributed by atoms with van der Waals surface area (Å²) >= 11 is 0. The lowest BCUT2D eigenvalue weighted by atomic mass is 9.92. The van der Waals surface area contributed by atoms with E-state index in [9.17, 15) is 9.90 Å². The SMILES string of the molecule is Cc1nc(OCCCC2CCN(c3noc(C(C)C)n3)CC2)c([C@@H](C)CO)cc1C(N)=O. The van der Waals surface area contributed by atoms with Gasteiger partial charge in [-0.3, -0.25) is 4.79 Å². The Morgan fingerprint density at radius 3 is 2.62 bits per heavy atom. The third kappa shape index (κ3) is 5.76. The summed E-state index contributed by atoms with van der Waals surface area (Å²) in [6.07, 6.45) is 4.15. The molecule has 176 valence electrons. The lowest BCUT2D eigenvalue weighted by Gasteiger charge is -2.30. The van der Waals surface area contributed by atoms with Gasteiger partial charge < -0.3 is 25.0 Å². The van der Waals surface area contributed by atoms with Crippen molar-refractivity contribution < 1.29 is 19.2 Å². The molecule has 1 atom stereocenters. The Morgan fingerprint density at radius 2 is 2.03 bits per heavy atom. The van der Waals surface area contributed by atoms with E-state index in [-0.39, 0.29) is 18.4 Å². The first-order valence-electron chi connectivity index (χ1n) is 11.4. The summed E-state index contributed by atoms with van der Waals surface area (Å²) in [6, 6.07) is 1.69. The number of hydrogen-bond acceptors (Lipinski definition) is 8. The highest BCUT2D eigenvalue weighted by atomic mass is 16.5. The van der Waals surface area contributed by atoms with Gasteiger partial charge >= 0.3 is 0 Å². The minimum atomic E-state index is -0.527. The van der Waals surface area contributed by atoms with Crippen molar-refractivity contribution in [1.29, 1.82) is 0 Å². The second kappa shape index (κ2) is 10.8. The number of ether oxygens (including phenoxy) is 1. The summed E-state index contributed by atoms with van der Waals surface area (Å²) in [5.74, 6) is 2.00. The number of anilines is 1. The molecule has 0 saturated carbocycles. The quantitative estimate of drug-likeness (QED) is 0.534. The number of aryl methyl sites for hydroxylation is 1. The molecule has 1 saturated heterocycles. The van der Waals surface area contributed by atoms with Crippen LogP contribution in [0.1, 0.15) is 85.8 Å². The van der Waals surface area contributed by atoms with Crippen LogP contribution in [-0.2, 0) is 0 Å². The molecule has 0 aliphatic carbocycles. The van der Waals surface area contributed by atoms with Crippen molar-refractivity contribution >= 4 is 11.9 Å². The fourth-order valence-electron chi connectivity index (χ4n) is 3.97. The van der Waals surface area contributed by atoms with Crippen molar-refractivity contribution in [3.05, 3.63) is 28.8 Å². The number of pyridine rings is 1. The van der Waals surface area contributed by atoms with Crippen LogP contribution in [0.2, 0.25) is 0 Å². The molecule has 1 fully saturated rings. The first-order valence-corrected chi connectivity index (χ1v) is 11.4. The number of carbonyl (C=O) groups excluding carboxylic acids is 1. The third-order valence-corrected chi connectivity index (χ3v) is 6.09. The molecule has 0 bridgehead atoms. The predicted octanol–water partition coefficient (Wildman–Crippen LogP) is 3.17. The average molecular weight is 446 g/mol. The van der Waals surface area contributed by atoms with E-state index in [1.165, 1.54) is 0 Å². The maximum Gasteiger partial charge on any atom is 0.266 e. The van der Waals surface area contributed by atoms with Crippen molar-refractivity contribution in [3.63, 3.8) is 0 Å². The van der Waals surface area contributed by atoms with Gasteiger partial charge in [-0.25, -0.2) is 4.98 Å². The van der Waals surface area contributed by atoms with E-state index in [0.29, 0.717) is 47.1 Å². The first-order chi connectivity index (χ1) is 15.3. The number of aliphatic hydroxyl groups excluding tert-OH is 1. The molecule has 0 spiro atoms. The minimum absolute atomic E-state index is 0.0586. The molecule has 2 aromatic heterocycles. The number of nitrogens with zero attached hydrogens (tertiary/aromatic N) is 4. The molecule has 2 aromatic rings. The van der Waals surface area contributed by atoms with E-state index in [1.54, 1.807) is 13.0 Å². The van der Waals surface area contributed by atoms with Gasteiger partial charge in [0, 0.05) is 37.1 Å². The van der Waals surface area contributed by atoms with Gasteiger partial charge in [-0.15, -0.1) is 0 Å². The highest BCUT2D eigenvalue weighted by molar-refractivity contribution is 5.94. The molecule has 3 N–H and O–H groups in total. The minimum Gasteiger partial charge on any atom is -0.477 e. The Kier molecular flexibility index (Phi) is 8.06. The topological polar surface area (TPSA) is 128 Å². The smallest absolute Gasteiger partial charge is 0.266 e. The molecule has 9 heteroatoms. The zero-order valence-electron chi connectivity index (χ0n) is 19.5. The second-order valence-electron chi connectivity index (χ2n) is 8.97. The summed E-state index contributed by atoms with van der Waals surface area (Å²) in [4.78, 5) is 22.8. The summed E-state index contributed by atoms with van der Waals surface area (Å²) in [7, 11) is 0. The largest absolute Gasteiger partial charge is 0.477 e. The van der Waals surface area contributed by atoms with Crippen molar-refractivity contribution in [2.75, 3.05) is 31.2 Å². The van der Waals surface area contributed by atoms with E-state index in [4.69, 9.17) is 15.0 Å². The third-order valence-electron chi connectivity index (χ3n) is 6.09. The summed E-state index contributed by atoms with van der Waals surface area (Å²) in [5.41, 5.74) is 7.05. The lowest BCUT2D eigenvalue weighted by molar-refractivity contribution is 0.0999. The number of hydrogen-bond donors (Lipinski definition) is 2. The number of nitrogens with two attached hydrogens (primary N) is 1. The molecular formula is C23H35N5O4. The monoisotopic (exact) mass is 445 g/mol. The van der Waals surface area contributed by atoms with Crippen LogP contribution in [0.25, 0.3) is 0 Å². The van der Waals surface area contributed by atoms with Gasteiger partial charge in [0.25, 0.3) is 11.9 Å². The Bertz CT molecular complexity index is 906. The van der Waals surface area contributed by atoms with Crippen LogP contribution in [-0.4, -0.2) is 52.4 Å². The van der Waals surface area contributed by atoms with E-state index < -0.39 is 5.91 Å². The van der Waals surface area contributed by atoms with Crippen LogP contribution in [0.3, 0.4) is 0 Å². The molecule has 1 aliphatic heterocycles. The van der Waals surface area contributed by atoms with Crippen LogP contribution < -0.4 is 15.4 Å². The van der Waals surface area contributed by atoms with Gasteiger partial charge in [0.2, 0.25) is 11.8 Å². The zero-order chi connectivity index (χ0) is 23.3. The second-order valence-corrected chi connectivity index (χ2v) is 8.97. The highest BCUT2D eigenvalue weighted by Gasteiger charge is 2.23. The number of aromatic nitrogens is 3. The number of amides is 1. The van der Waals surface area contributed by atoms with Crippen molar-refractivity contribution in [2.24, 2.45) is 11.7 Å². The standard InChI is InChI=1S/C23H35N5O4/c1-14(2)21-26-23(27-32-21)28-9-7-17(8-10-28)6-5-11-31-22-18(15(3)13-29)12-19(20(24)30)16(4)25-22/h12,14-15,17,29H,5-11,13H2,1-4H3,(H2,24,30)/t15-/m0/s1. The van der Waals surface area contributed by atoms with Crippen LogP contribution in [0.15, 0.2) is 10.6 Å². The summed E-state index contributed by atoms with van der Waals surface area (Å²) in [5, 5.41) is 13.7. The number of primary amides is 1. The predicted molar refractivity (Wildman–Crippen MR) is 121 cm³/mol. The fourth-order valence-corrected chi connectivity index (χ4v) is 3.97. The normalized spacial score (nSPS) is 15.9. The van der Waals surface area contributed by atoms with E-state index >= 15 is 0 Å². The molecule has 1 aliphatic rings. The lowest BCUT2D eigenvalue weighted by Crippen LogP contribution is -2.34. The van der Waals surface area contributed by atoms with Crippen LogP contribution in [0, 0.1) is 12.8 Å². The molecule has 32 heavy (non-hydrogen) atoms.